The van der Waals surface area contributed by atoms with E-state index in [2.05, 4.69) is 67.7 Å². The molecule has 1 aliphatic rings. The van der Waals surface area contributed by atoms with E-state index in [1.54, 1.807) is 0 Å². The Bertz CT molecular complexity index is 811. The Labute approximate surface area is 175 Å². The highest BCUT2D eigenvalue weighted by molar-refractivity contribution is 5.68. The fourth-order valence-corrected chi connectivity index (χ4v) is 4.02. The largest absolute Gasteiger partial charge is 0.444 e. The molecule has 0 radical (unpaired) electrons. The van der Waals surface area contributed by atoms with E-state index in [-0.39, 0.29) is 12.1 Å². The highest BCUT2D eigenvalue weighted by Crippen LogP contribution is 2.32. The number of carbonyl (C=O) groups is 1. The Kier molecular flexibility index (Phi) is 6.63. The number of benzene rings is 2. The Balaban J connectivity index is 1.81. The number of hydrogen-bond donors (Lipinski definition) is 1. The van der Waals surface area contributed by atoms with Crippen LogP contribution in [0.1, 0.15) is 52.5 Å². The molecule has 2 aromatic carbocycles. The zero-order valence-corrected chi connectivity index (χ0v) is 18.3. The molecule has 1 aliphatic heterocycles. The maximum absolute atomic E-state index is 12.6. The molecule has 1 amide bonds. The third kappa shape index (κ3) is 5.83. The fourth-order valence-electron chi connectivity index (χ4n) is 4.02. The molecule has 2 atom stereocenters. The van der Waals surface area contributed by atoms with Crippen molar-refractivity contribution in [3.05, 3.63) is 60.2 Å². The van der Waals surface area contributed by atoms with Gasteiger partial charge in [0.25, 0.3) is 0 Å². The van der Waals surface area contributed by atoms with E-state index in [9.17, 15) is 4.79 Å². The summed E-state index contributed by atoms with van der Waals surface area (Å²) in [6.45, 7) is 11.4. The van der Waals surface area contributed by atoms with Crippen LogP contribution in [-0.2, 0) is 4.74 Å². The summed E-state index contributed by atoms with van der Waals surface area (Å²) < 4.78 is 5.61. The summed E-state index contributed by atoms with van der Waals surface area (Å²) in [5.41, 5.74) is 3.32. The maximum atomic E-state index is 12.6. The Morgan fingerprint density at radius 1 is 1.07 bits per heavy atom. The van der Waals surface area contributed by atoms with Gasteiger partial charge in [-0.2, -0.15) is 0 Å². The quantitative estimate of drug-likeness (QED) is 0.750. The van der Waals surface area contributed by atoms with Crippen molar-refractivity contribution in [2.75, 3.05) is 13.1 Å². The van der Waals surface area contributed by atoms with Crippen LogP contribution in [-0.4, -0.2) is 41.8 Å². The minimum absolute atomic E-state index is 0.197. The standard InChI is InChI=1S/C25H34N2O2/c1-18(2)26-23-17-27(24(28)29-25(3,4)5)15-14-22(23)21-13-9-12-20(16-21)19-10-7-6-8-11-19/h6-13,16,18,22-23,26H,14-15,17H2,1-5H3/t22-,23+/m1/s1. The lowest BCUT2D eigenvalue weighted by Crippen LogP contribution is -2.54. The van der Waals surface area contributed by atoms with Gasteiger partial charge in [-0.25, -0.2) is 4.79 Å². The molecule has 1 N–H and O–H groups in total. The predicted molar refractivity (Wildman–Crippen MR) is 119 cm³/mol. The molecule has 2 aromatic rings. The third-order valence-corrected chi connectivity index (χ3v) is 5.23. The van der Waals surface area contributed by atoms with Crippen molar-refractivity contribution in [2.45, 2.75) is 64.6 Å². The first-order chi connectivity index (χ1) is 13.7. The second kappa shape index (κ2) is 9.00. The molecule has 4 nitrogen and oxygen atoms in total. The van der Waals surface area contributed by atoms with E-state index in [1.807, 2.05) is 31.7 Å². The van der Waals surface area contributed by atoms with E-state index < -0.39 is 5.60 Å². The molecule has 0 spiro atoms. The van der Waals surface area contributed by atoms with Gasteiger partial charge in [-0.1, -0.05) is 68.4 Å². The molecule has 29 heavy (non-hydrogen) atoms. The van der Waals surface area contributed by atoms with Crippen LogP contribution in [0.15, 0.2) is 54.6 Å². The monoisotopic (exact) mass is 394 g/mol. The van der Waals surface area contributed by atoms with Gasteiger partial charge in [0.05, 0.1) is 0 Å². The zero-order chi connectivity index (χ0) is 21.0. The summed E-state index contributed by atoms with van der Waals surface area (Å²) in [6, 6.07) is 19.9. The van der Waals surface area contributed by atoms with E-state index in [1.165, 1.54) is 16.7 Å². The number of amides is 1. The Morgan fingerprint density at radius 2 is 1.76 bits per heavy atom. The summed E-state index contributed by atoms with van der Waals surface area (Å²) in [4.78, 5) is 14.5. The van der Waals surface area contributed by atoms with E-state index in [0.717, 1.165) is 6.42 Å². The molecule has 0 aliphatic carbocycles. The van der Waals surface area contributed by atoms with E-state index >= 15 is 0 Å². The van der Waals surface area contributed by atoms with Crippen molar-refractivity contribution in [1.29, 1.82) is 0 Å². The summed E-state index contributed by atoms with van der Waals surface area (Å²) >= 11 is 0. The number of nitrogens with zero attached hydrogens (tertiary/aromatic N) is 1. The van der Waals surface area contributed by atoms with Gasteiger partial charge in [0.1, 0.15) is 5.60 Å². The van der Waals surface area contributed by atoms with Crippen LogP contribution in [0.3, 0.4) is 0 Å². The number of carbonyl (C=O) groups excluding carboxylic acids is 1. The lowest BCUT2D eigenvalue weighted by molar-refractivity contribution is 0.0167. The number of ether oxygens (including phenoxy) is 1. The fraction of sp³-hybridized carbons (Fsp3) is 0.480. The predicted octanol–water partition coefficient (Wildman–Crippen LogP) is 5.44. The topological polar surface area (TPSA) is 41.6 Å². The molecule has 1 heterocycles. The smallest absolute Gasteiger partial charge is 0.410 e. The van der Waals surface area contributed by atoms with E-state index in [0.29, 0.717) is 25.0 Å². The first kappa shape index (κ1) is 21.4. The second-order valence-corrected chi connectivity index (χ2v) is 9.24. The SMILES string of the molecule is CC(C)N[C@H]1CN(C(=O)OC(C)(C)C)CC[C@@H]1c1cccc(-c2ccccc2)c1. The first-order valence-electron chi connectivity index (χ1n) is 10.6. The minimum Gasteiger partial charge on any atom is -0.444 e. The summed E-state index contributed by atoms with van der Waals surface area (Å²) in [5.74, 6) is 0.361. The second-order valence-electron chi connectivity index (χ2n) is 9.24. The average Bonchev–Trinajstić information content (AvgIpc) is 2.67. The molecule has 3 rings (SSSR count). The van der Waals surface area contributed by atoms with Crippen LogP contribution >= 0.6 is 0 Å². The Hall–Kier alpha value is -2.33. The van der Waals surface area contributed by atoms with Crippen molar-refractivity contribution in [3.63, 3.8) is 0 Å². The third-order valence-electron chi connectivity index (χ3n) is 5.23. The molecule has 0 aromatic heterocycles. The molecular weight excluding hydrogens is 360 g/mol. The molecule has 156 valence electrons. The first-order valence-corrected chi connectivity index (χ1v) is 10.6. The van der Waals surface area contributed by atoms with Crippen molar-refractivity contribution in [3.8, 4) is 11.1 Å². The molecule has 0 bridgehead atoms. The summed E-state index contributed by atoms with van der Waals surface area (Å²) in [7, 11) is 0. The van der Waals surface area contributed by atoms with Crippen molar-refractivity contribution < 1.29 is 9.53 Å². The van der Waals surface area contributed by atoms with Crippen LogP contribution in [0.25, 0.3) is 11.1 Å². The van der Waals surface area contributed by atoms with Gasteiger partial charge >= 0.3 is 6.09 Å². The number of likely N-dealkylation sites (tertiary alicyclic amines) is 1. The zero-order valence-electron chi connectivity index (χ0n) is 18.3. The molecule has 0 unspecified atom stereocenters. The molecular formula is C25H34N2O2. The van der Waals surface area contributed by atoms with Gasteiger partial charge in [0, 0.05) is 31.1 Å². The van der Waals surface area contributed by atoms with Crippen molar-refractivity contribution in [2.24, 2.45) is 0 Å². The summed E-state index contributed by atoms with van der Waals surface area (Å²) in [6.07, 6.45) is 0.701. The van der Waals surface area contributed by atoms with Crippen LogP contribution in [0, 0.1) is 0 Å². The normalized spacial score (nSPS) is 20.0. The summed E-state index contributed by atoms with van der Waals surface area (Å²) in [5, 5.41) is 3.69. The number of hydrogen-bond acceptors (Lipinski definition) is 3. The van der Waals surface area contributed by atoms with Crippen LogP contribution in [0.5, 0.6) is 0 Å². The van der Waals surface area contributed by atoms with Crippen LogP contribution < -0.4 is 5.32 Å². The lowest BCUT2D eigenvalue weighted by Gasteiger charge is -2.40. The number of piperidine rings is 1. The van der Waals surface area contributed by atoms with Gasteiger partial charge in [-0.05, 0) is 43.9 Å². The van der Waals surface area contributed by atoms with Crippen molar-refractivity contribution in [1.82, 2.24) is 10.2 Å². The van der Waals surface area contributed by atoms with Gasteiger partial charge in [-0.3, -0.25) is 0 Å². The lowest BCUT2D eigenvalue weighted by atomic mass is 9.84. The highest BCUT2D eigenvalue weighted by Gasteiger charge is 2.34. The van der Waals surface area contributed by atoms with Crippen LogP contribution in [0.2, 0.25) is 0 Å². The molecule has 1 saturated heterocycles. The number of nitrogens with one attached hydrogen (secondary N) is 1. The Morgan fingerprint density at radius 3 is 2.41 bits per heavy atom. The minimum atomic E-state index is -0.473. The number of rotatable bonds is 4. The van der Waals surface area contributed by atoms with Gasteiger partial charge < -0.3 is 15.0 Å². The average molecular weight is 395 g/mol. The van der Waals surface area contributed by atoms with Crippen molar-refractivity contribution >= 4 is 6.09 Å². The molecule has 0 saturated carbocycles. The van der Waals surface area contributed by atoms with Gasteiger partial charge in [0.15, 0.2) is 0 Å². The van der Waals surface area contributed by atoms with Gasteiger partial charge in [0.2, 0.25) is 0 Å². The molecule has 1 fully saturated rings. The molecule has 4 heteroatoms. The maximum Gasteiger partial charge on any atom is 0.410 e. The highest BCUT2D eigenvalue weighted by atomic mass is 16.6. The van der Waals surface area contributed by atoms with Gasteiger partial charge in [-0.15, -0.1) is 0 Å². The van der Waals surface area contributed by atoms with Crippen LogP contribution in [0.4, 0.5) is 4.79 Å². The van der Waals surface area contributed by atoms with E-state index in [4.69, 9.17) is 4.74 Å².